The molecule has 16 heavy (non-hydrogen) atoms. The second-order valence-electron chi connectivity index (χ2n) is 3.66. The number of nitrogens with zero attached hydrogens (tertiary/aromatic N) is 1. The summed E-state index contributed by atoms with van der Waals surface area (Å²) in [6.07, 6.45) is 0. The third kappa shape index (κ3) is 2.28. The Labute approximate surface area is 98.2 Å². The molecule has 0 amide bonds. The van der Waals surface area contributed by atoms with Crippen LogP contribution in [0, 0.1) is 12.7 Å². The highest BCUT2D eigenvalue weighted by Gasteiger charge is 2.09. The summed E-state index contributed by atoms with van der Waals surface area (Å²) >= 11 is 1.47. The largest absolute Gasteiger partial charge is 0.314 e. The third-order valence-electron chi connectivity index (χ3n) is 2.26. The molecule has 1 N–H and O–H groups in total. The van der Waals surface area contributed by atoms with E-state index in [4.69, 9.17) is 0 Å². The Balaban J connectivity index is 2.35. The molecule has 2 rings (SSSR count). The van der Waals surface area contributed by atoms with Crippen molar-refractivity contribution in [3.8, 4) is 10.6 Å². The molecule has 0 radical (unpaired) electrons. The second-order valence-corrected chi connectivity index (χ2v) is 4.52. The maximum atomic E-state index is 13.7. The third-order valence-corrected chi connectivity index (χ3v) is 3.19. The van der Waals surface area contributed by atoms with Gasteiger partial charge in [0.1, 0.15) is 10.8 Å². The lowest BCUT2D eigenvalue weighted by Gasteiger charge is -2.00. The van der Waals surface area contributed by atoms with Crippen molar-refractivity contribution < 1.29 is 4.39 Å². The molecule has 84 valence electrons. The van der Waals surface area contributed by atoms with Crippen LogP contribution in [0.3, 0.4) is 0 Å². The molecular weight excluding hydrogens is 223 g/mol. The predicted octanol–water partition coefficient (Wildman–Crippen LogP) is 2.98. The number of nitrogens with one attached hydrogen (secondary N) is 1. The Morgan fingerprint density at radius 3 is 2.94 bits per heavy atom. The van der Waals surface area contributed by atoms with Gasteiger partial charge in [0.2, 0.25) is 0 Å². The first kappa shape index (κ1) is 11.2. The Hall–Kier alpha value is -1.26. The molecule has 0 unspecified atom stereocenters. The van der Waals surface area contributed by atoms with Crippen molar-refractivity contribution in [3.05, 3.63) is 40.7 Å². The summed E-state index contributed by atoms with van der Waals surface area (Å²) in [7, 11) is 1.87. The molecular formula is C12H13FN2S. The van der Waals surface area contributed by atoms with Crippen LogP contribution in [0.5, 0.6) is 0 Å². The quantitative estimate of drug-likeness (QED) is 0.886. The molecule has 0 saturated heterocycles. The van der Waals surface area contributed by atoms with Crippen molar-refractivity contribution in [2.24, 2.45) is 0 Å². The van der Waals surface area contributed by atoms with Crippen LogP contribution in [-0.2, 0) is 6.54 Å². The number of hydrogen-bond acceptors (Lipinski definition) is 3. The van der Waals surface area contributed by atoms with Gasteiger partial charge in [0.05, 0.1) is 5.69 Å². The fourth-order valence-corrected chi connectivity index (χ4v) is 2.33. The van der Waals surface area contributed by atoms with Gasteiger partial charge in [-0.3, -0.25) is 0 Å². The number of halogens is 1. The van der Waals surface area contributed by atoms with Gasteiger partial charge in [-0.1, -0.05) is 6.07 Å². The summed E-state index contributed by atoms with van der Waals surface area (Å²) in [5.74, 6) is -0.203. The molecule has 0 aliphatic carbocycles. The lowest BCUT2D eigenvalue weighted by molar-refractivity contribution is 0.630. The van der Waals surface area contributed by atoms with Crippen LogP contribution in [0.4, 0.5) is 4.39 Å². The van der Waals surface area contributed by atoms with Crippen LogP contribution in [-0.4, -0.2) is 12.0 Å². The Bertz CT molecular complexity index is 494. The Kier molecular flexibility index (Phi) is 3.31. The summed E-state index contributed by atoms with van der Waals surface area (Å²) in [6, 6.07) is 5.22. The number of aromatic nitrogens is 1. The van der Waals surface area contributed by atoms with Crippen LogP contribution in [0.2, 0.25) is 0 Å². The molecule has 1 aromatic heterocycles. The van der Waals surface area contributed by atoms with E-state index >= 15 is 0 Å². The molecule has 4 heteroatoms. The average molecular weight is 236 g/mol. The van der Waals surface area contributed by atoms with E-state index in [1.54, 1.807) is 6.07 Å². The molecule has 0 fully saturated rings. The topological polar surface area (TPSA) is 24.9 Å². The van der Waals surface area contributed by atoms with Crippen LogP contribution < -0.4 is 5.32 Å². The fourth-order valence-electron chi connectivity index (χ4n) is 1.49. The molecule has 0 aliphatic rings. The van der Waals surface area contributed by atoms with E-state index in [1.807, 2.05) is 25.4 Å². The van der Waals surface area contributed by atoms with Gasteiger partial charge in [-0.15, -0.1) is 11.3 Å². The summed E-state index contributed by atoms with van der Waals surface area (Å²) in [5.41, 5.74) is 2.45. The van der Waals surface area contributed by atoms with E-state index in [0.717, 1.165) is 16.3 Å². The average Bonchev–Trinajstić information content (AvgIpc) is 2.67. The normalized spacial score (nSPS) is 10.7. The molecule has 1 heterocycles. The van der Waals surface area contributed by atoms with Gasteiger partial charge in [0.25, 0.3) is 0 Å². The van der Waals surface area contributed by atoms with Crippen molar-refractivity contribution in [1.82, 2.24) is 10.3 Å². The maximum Gasteiger partial charge on any atom is 0.133 e. The molecule has 2 aromatic rings. The second kappa shape index (κ2) is 4.72. The van der Waals surface area contributed by atoms with Gasteiger partial charge in [-0.05, 0) is 31.7 Å². The summed E-state index contributed by atoms with van der Waals surface area (Å²) in [4.78, 5) is 4.38. The van der Waals surface area contributed by atoms with Gasteiger partial charge >= 0.3 is 0 Å². The monoisotopic (exact) mass is 236 g/mol. The van der Waals surface area contributed by atoms with E-state index < -0.39 is 0 Å². The van der Waals surface area contributed by atoms with E-state index in [-0.39, 0.29) is 5.82 Å². The predicted molar refractivity (Wildman–Crippen MR) is 65.0 cm³/mol. The smallest absolute Gasteiger partial charge is 0.133 e. The molecule has 0 bridgehead atoms. The van der Waals surface area contributed by atoms with Crippen LogP contribution >= 0.6 is 11.3 Å². The minimum Gasteiger partial charge on any atom is -0.314 e. The summed E-state index contributed by atoms with van der Waals surface area (Å²) < 4.78 is 13.7. The maximum absolute atomic E-state index is 13.7. The number of benzene rings is 1. The first-order valence-electron chi connectivity index (χ1n) is 5.06. The van der Waals surface area contributed by atoms with E-state index in [2.05, 4.69) is 10.3 Å². The van der Waals surface area contributed by atoms with E-state index in [0.29, 0.717) is 12.1 Å². The highest BCUT2D eigenvalue weighted by Crippen LogP contribution is 2.26. The molecule has 0 spiro atoms. The van der Waals surface area contributed by atoms with Crippen LogP contribution in [0.15, 0.2) is 23.6 Å². The van der Waals surface area contributed by atoms with Gasteiger partial charge in [-0.25, -0.2) is 9.37 Å². The lowest BCUT2D eigenvalue weighted by atomic mass is 10.1. The fraction of sp³-hybridized carbons (Fsp3) is 0.250. The highest BCUT2D eigenvalue weighted by molar-refractivity contribution is 7.13. The van der Waals surface area contributed by atoms with Gasteiger partial charge in [0, 0.05) is 17.5 Å². The van der Waals surface area contributed by atoms with Crippen molar-refractivity contribution >= 4 is 11.3 Å². The first-order chi connectivity index (χ1) is 7.70. The van der Waals surface area contributed by atoms with Crippen LogP contribution in [0.25, 0.3) is 10.6 Å². The van der Waals surface area contributed by atoms with E-state index in [9.17, 15) is 4.39 Å². The Morgan fingerprint density at radius 2 is 2.25 bits per heavy atom. The zero-order valence-corrected chi connectivity index (χ0v) is 10.1. The van der Waals surface area contributed by atoms with Gasteiger partial charge < -0.3 is 5.32 Å². The first-order valence-corrected chi connectivity index (χ1v) is 5.94. The lowest BCUT2D eigenvalue weighted by Crippen LogP contribution is -2.04. The van der Waals surface area contributed by atoms with Crippen molar-refractivity contribution in [3.63, 3.8) is 0 Å². The van der Waals surface area contributed by atoms with E-state index in [1.165, 1.54) is 17.4 Å². The standard InChI is InChI=1S/C12H13FN2S/c1-8-3-4-10(11(13)5-8)12-15-9(6-14-2)7-16-12/h3-5,7,14H,6H2,1-2H3. The van der Waals surface area contributed by atoms with Crippen molar-refractivity contribution in [2.75, 3.05) is 7.05 Å². The molecule has 0 aliphatic heterocycles. The summed E-state index contributed by atoms with van der Waals surface area (Å²) in [5, 5.41) is 5.71. The SMILES string of the molecule is CNCc1csc(-c2ccc(C)cc2F)n1. The van der Waals surface area contributed by atoms with Crippen molar-refractivity contribution in [2.45, 2.75) is 13.5 Å². The number of hydrogen-bond donors (Lipinski definition) is 1. The molecule has 2 nitrogen and oxygen atoms in total. The summed E-state index contributed by atoms with van der Waals surface area (Å²) in [6.45, 7) is 2.59. The Morgan fingerprint density at radius 1 is 1.44 bits per heavy atom. The highest BCUT2D eigenvalue weighted by atomic mass is 32.1. The van der Waals surface area contributed by atoms with Crippen LogP contribution in [0.1, 0.15) is 11.3 Å². The number of rotatable bonds is 3. The molecule has 0 saturated carbocycles. The molecule has 1 aromatic carbocycles. The zero-order valence-electron chi connectivity index (χ0n) is 9.25. The number of aryl methyl sites for hydroxylation is 1. The minimum absolute atomic E-state index is 0.203. The zero-order chi connectivity index (χ0) is 11.5. The number of thiazole rings is 1. The van der Waals surface area contributed by atoms with Crippen molar-refractivity contribution in [1.29, 1.82) is 0 Å². The van der Waals surface area contributed by atoms with Gasteiger partial charge in [0.15, 0.2) is 0 Å². The minimum atomic E-state index is -0.203. The molecule has 0 atom stereocenters. The van der Waals surface area contributed by atoms with Gasteiger partial charge in [-0.2, -0.15) is 0 Å².